The van der Waals surface area contributed by atoms with Crippen LogP contribution in [0.1, 0.15) is 11.1 Å². The number of nitro groups is 1. The van der Waals surface area contributed by atoms with E-state index < -0.39 is 27.4 Å². The van der Waals surface area contributed by atoms with E-state index in [1.807, 2.05) is 6.92 Å². The summed E-state index contributed by atoms with van der Waals surface area (Å²) in [6, 6.07) is 16.5. The van der Waals surface area contributed by atoms with Crippen molar-refractivity contribution < 1.29 is 18.1 Å². The zero-order chi connectivity index (χ0) is 24.9. The first-order valence-corrected chi connectivity index (χ1v) is 12.3. The lowest BCUT2D eigenvalue weighted by Gasteiger charge is -2.23. The average Bonchev–Trinajstić information content (AvgIpc) is 2.79. The molecule has 12 heteroatoms. The van der Waals surface area contributed by atoms with Crippen LogP contribution < -0.4 is 9.73 Å². The topological polar surface area (TPSA) is 122 Å². The third kappa shape index (κ3) is 6.19. The standard InChI is InChI=1S/C22H18BrClN4O5S/c1-15-2-9-20(10-3-15)34(32,33)27(18-6-4-17(23)5-7-18)14-22(29)26-25-13-16-12-19(28(30)31)8-11-21(16)24/h2-13H,14H2,1H3,(H,26,29)/b25-13+. The Morgan fingerprint density at radius 3 is 2.41 bits per heavy atom. The minimum absolute atomic E-state index is 0.0284. The van der Waals surface area contributed by atoms with Crippen LogP contribution >= 0.6 is 27.5 Å². The van der Waals surface area contributed by atoms with Crippen molar-refractivity contribution in [2.45, 2.75) is 11.8 Å². The lowest BCUT2D eigenvalue weighted by atomic mass is 10.2. The lowest BCUT2D eigenvalue weighted by molar-refractivity contribution is -0.384. The smallest absolute Gasteiger partial charge is 0.270 e. The Morgan fingerprint density at radius 1 is 1.15 bits per heavy atom. The van der Waals surface area contributed by atoms with E-state index in [2.05, 4.69) is 26.5 Å². The maximum Gasteiger partial charge on any atom is 0.270 e. The second-order valence-electron chi connectivity index (χ2n) is 7.06. The van der Waals surface area contributed by atoms with E-state index in [0.717, 1.165) is 20.6 Å². The van der Waals surface area contributed by atoms with E-state index >= 15 is 0 Å². The van der Waals surface area contributed by atoms with Gasteiger partial charge in [-0.25, -0.2) is 13.8 Å². The van der Waals surface area contributed by atoms with Gasteiger partial charge in [0.15, 0.2) is 0 Å². The average molecular weight is 566 g/mol. The number of non-ortho nitro benzene ring substituents is 1. The number of hydrogen-bond acceptors (Lipinski definition) is 6. The van der Waals surface area contributed by atoms with Gasteiger partial charge in [0.25, 0.3) is 21.6 Å². The molecule has 3 rings (SSSR count). The number of sulfonamides is 1. The van der Waals surface area contributed by atoms with Crippen molar-refractivity contribution in [3.63, 3.8) is 0 Å². The first-order valence-electron chi connectivity index (χ1n) is 9.69. The Labute approximate surface area is 209 Å². The highest BCUT2D eigenvalue weighted by Crippen LogP contribution is 2.25. The maximum atomic E-state index is 13.3. The Morgan fingerprint density at radius 2 is 1.79 bits per heavy atom. The first-order chi connectivity index (χ1) is 16.1. The van der Waals surface area contributed by atoms with Crippen LogP contribution in [0, 0.1) is 17.0 Å². The molecule has 0 heterocycles. The van der Waals surface area contributed by atoms with Crippen molar-refractivity contribution in [3.8, 4) is 0 Å². The Hall–Kier alpha value is -3.28. The van der Waals surface area contributed by atoms with Gasteiger partial charge in [-0.15, -0.1) is 0 Å². The number of amides is 1. The number of nitrogens with zero attached hydrogens (tertiary/aromatic N) is 3. The molecule has 9 nitrogen and oxygen atoms in total. The summed E-state index contributed by atoms with van der Waals surface area (Å²) in [4.78, 5) is 23.0. The summed E-state index contributed by atoms with van der Waals surface area (Å²) in [5.41, 5.74) is 3.43. The molecule has 0 atom stereocenters. The van der Waals surface area contributed by atoms with Gasteiger partial charge in [0, 0.05) is 27.2 Å². The highest BCUT2D eigenvalue weighted by atomic mass is 79.9. The summed E-state index contributed by atoms with van der Waals surface area (Å²) in [6.45, 7) is 1.28. The molecule has 0 aliphatic carbocycles. The quantitative estimate of drug-likeness (QED) is 0.242. The lowest BCUT2D eigenvalue weighted by Crippen LogP contribution is -2.39. The molecule has 3 aromatic rings. The molecule has 34 heavy (non-hydrogen) atoms. The number of nitro benzene ring substituents is 1. The van der Waals surface area contributed by atoms with E-state index in [4.69, 9.17) is 11.6 Å². The van der Waals surface area contributed by atoms with E-state index in [1.54, 1.807) is 36.4 Å². The highest BCUT2D eigenvalue weighted by Gasteiger charge is 2.27. The third-order valence-corrected chi connectivity index (χ3v) is 7.26. The van der Waals surface area contributed by atoms with Crippen molar-refractivity contribution in [2.75, 3.05) is 10.8 Å². The van der Waals surface area contributed by atoms with Crippen molar-refractivity contribution in [3.05, 3.63) is 97.5 Å². The number of hydrazone groups is 1. The van der Waals surface area contributed by atoms with Crippen LogP contribution in [0.3, 0.4) is 0 Å². The number of carbonyl (C=O) groups is 1. The molecule has 0 aromatic heterocycles. The number of benzene rings is 3. The van der Waals surface area contributed by atoms with Crippen LogP contribution in [-0.4, -0.2) is 32.0 Å². The highest BCUT2D eigenvalue weighted by molar-refractivity contribution is 9.10. The minimum atomic E-state index is -4.07. The van der Waals surface area contributed by atoms with Gasteiger partial charge in [0.1, 0.15) is 6.54 Å². The first kappa shape index (κ1) is 25.3. The molecule has 0 aliphatic heterocycles. The molecule has 0 bridgehead atoms. The normalized spacial score (nSPS) is 11.4. The van der Waals surface area contributed by atoms with E-state index in [0.29, 0.717) is 0 Å². The fourth-order valence-corrected chi connectivity index (χ4v) is 4.69. The van der Waals surface area contributed by atoms with Gasteiger partial charge in [0.05, 0.1) is 21.7 Å². The van der Waals surface area contributed by atoms with Gasteiger partial charge in [-0.05, 0) is 49.4 Å². The molecule has 0 spiro atoms. The van der Waals surface area contributed by atoms with Gasteiger partial charge in [-0.2, -0.15) is 5.10 Å². The molecular weight excluding hydrogens is 548 g/mol. The molecule has 176 valence electrons. The molecular formula is C22H18BrClN4O5S. The van der Waals surface area contributed by atoms with Crippen molar-refractivity contribution >= 4 is 61.1 Å². The summed E-state index contributed by atoms with van der Waals surface area (Å²) >= 11 is 9.32. The number of anilines is 1. The third-order valence-electron chi connectivity index (χ3n) is 4.59. The van der Waals surface area contributed by atoms with Crippen LogP contribution in [-0.2, 0) is 14.8 Å². The van der Waals surface area contributed by atoms with Gasteiger partial charge < -0.3 is 0 Å². The molecule has 0 saturated heterocycles. The second-order valence-corrected chi connectivity index (χ2v) is 10.2. The predicted molar refractivity (Wildman–Crippen MR) is 134 cm³/mol. The van der Waals surface area contributed by atoms with E-state index in [9.17, 15) is 23.3 Å². The predicted octanol–water partition coefficient (Wildman–Crippen LogP) is 4.66. The number of nitrogens with one attached hydrogen (secondary N) is 1. The SMILES string of the molecule is Cc1ccc(S(=O)(=O)N(CC(=O)N/N=C/c2cc([N+](=O)[O-])ccc2Cl)c2ccc(Br)cc2)cc1. The second kappa shape index (κ2) is 10.8. The molecule has 0 aliphatic rings. The van der Waals surface area contributed by atoms with E-state index in [1.165, 1.54) is 30.3 Å². The summed E-state index contributed by atoms with van der Waals surface area (Å²) in [5, 5.41) is 14.9. The largest absolute Gasteiger partial charge is 0.271 e. The molecule has 1 N–H and O–H groups in total. The molecule has 1 amide bonds. The summed E-state index contributed by atoms with van der Waals surface area (Å²) in [5.74, 6) is -0.726. The fourth-order valence-electron chi connectivity index (χ4n) is 2.84. The molecule has 0 fully saturated rings. The molecule has 0 unspecified atom stereocenters. The Kier molecular flexibility index (Phi) is 8.02. The Bertz CT molecular complexity index is 1350. The van der Waals surface area contributed by atoms with Gasteiger partial charge in [-0.3, -0.25) is 19.2 Å². The monoisotopic (exact) mass is 564 g/mol. The number of carbonyl (C=O) groups excluding carboxylic acids is 1. The molecule has 0 saturated carbocycles. The number of halogens is 2. The minimum Gasteiger partial charge on any atom is -0.271 e. The summed E-state index contributed by atoms with van der Waals surface area (Å²) in [6.07, 6.45) is 1.14. The summed E-state index contributed by atoms with van der Waals surface area (Å²) in [7, 11) is -4.07. The van der Waals surface area contributed by atoms with Gasteiger partial charge in [-0.1, -0.05) is 45.2 Å². The van der Waals surface area contributed by atoms with Gasteiger partial charge >= 0.3 is 0 Å². The van der Waals surface area contributed by atoms with Gasteiger partial charge in [0.2, 0.25) is 0 Å². The zero-order valence-electron chi connectivity index (χ0n) is 17.7. The summed E-state index contributed by atoms with van der Waals surface area (Å²) < 4.78 is 28.4. The van der Waals surface area contributed by atoms with Crippen molar-refractivity contribution in [2.24, 2.45) is 5.10 Å². The van der Waals surface area contributed by atoms with Crippen LogP contribution in [0.5, 0.6) is 0 Å². The number of hydrogen-bond donors (Lipinski definition) is 1. The molecule has 3 aromatic carbocycles. The van der Waals surface area contributed by atoms with Crippen molar-refractivity contribution in [1.29, 1.82) is 0 Å². The Balaban J connectivity index is 1.84. The van der Waals surface area contributed by atoms with Crippen LogP contribution in [0.2, 0.25) is 5.02 Å². The maximum absolute atomic E-state index is 13.3. The number of aryl methyl sites for hydroxylation is 1. The van der Waals surface area contributed by atoms with Crippen LogP contribution in [0.15, 0.2) is 81.2 Å². The van der Waals surface area contributed by atoms with Crippen LogP contribution in [0.4, 0.5) is 11.4 Å². The fraction of sp³-hybridized carbons (Fsp3) is 0.0909. The molecule has 0 radical (unpaired) electrons. The number of rotatable bonds is 8. The zero-order valence-corrected chi connectivity index (χ0v) is 20.8. The van der Waals surface area contributed by atoms with E-state index in [-0.39, 0.29) is 26.9 Å². The van der Waals surface area contributed by atoms with Crippen LogP contribution in [0.25, 0.3) is 0 Å². The van der Waals surface area contributed by atoms with Crippen molar-refractivity contribution in [1.82, 2.24) is 5.43 Å².